The molecule has 0 saturated carbocycles. The van der Waals surface area contributed by atoms with Crippen LogP contribution >= 0.6 is 0 Å². The smallest absolute Gasteiger partial charge is 0.354 e. The fraction of sp³-hybridized carbons (Fsp3) is 0.368. The average molecular weight is 341 g/mol. The molecule has 1 aromatic heterocycles. The van der Waals surface area contributed by atoms with E-state index in [9.17, 15) is 4.79 Å². The number of ether oxygens (including phenoxy) is 1. The molecule has 6 heteroatoms. The van der Waals surface area contributed by atoms with Gasteiger partial charge in [-0.05, 0) is 55.8 Å². The third-order valence-corrected chi connectivity index (χ3v) is 4.45. The molecule has 2 aromatic rings. The van der Waals surface area contributed by atoms with E-state index in [2.05, 4.69) is 15.2 Å². The number of hydrogen-bond acceptors (Lipinski definition) is 5. The highest BCUT2D eigenvalue weighted by molar-refractivity contribution is 5.85. The summed E-state index contributed by atoms with van der Waals surface area (Å²) in [5.41, 5.74) is 1.16. The van der Waals surface area contributed by atoms with Crippen molar-refractivity contribution in [2.45, 2.75) is 18.9 Å². The number of benzene rings is 1. The van der Waals surface area contributed by atoms with E-state index in [1.54, 1.807) is 19.2 Å². The van der Waals surface area contributed by atoms with Gasteiger partial charge in [0.05, 0.1) is 13.2 Å². The second kappa shape index (κ2) is 7.98. The van der Waals surface area contributed by atoms with Gasteiger partial charge in [-0.25, -0.2) is 9.78 Å². The van der Waals surface area contributed by atoms with Crippen molar-refractivity contribution in [2.75, 3.05) is 32.1 Å². The van der Waals surface area contributed by atoms with Gasteiger partial charge in [0.1, 0.15) is 11.6 Å². The van der Waals surface area contributed by atoms with Crippen molar-refractivity contribution in [3.05, 3.63) is 53.7 Å². The zero-order valence-corrected chi connectivity index (χ0v) is 14.3. The fourth-order valence-corrected chi connectivity index (χ4v) is 3.11. The first kappa shape index (κ1) is 17.2. The summed E-state index contributed by atoms with van der Waals surface area (Å²) in [4.78, 5) is 17.8. The van der Waals surface area contributed by atoms with Gasteiger partial charge in [-0.3, -0.25) is 0 Å². The van der Waals surface area contributed by atoms with Crippen LogP contribution in [0, 0.1) is 0 Å². The highest BCUT2D eigenvalue weighted by Gasteiger charge is 2.20. The van der Waals surface area contributed by atoms with Crippen LogP contribution in [0.5, 0.6) is 5.75 Å². The lowest BCUT2D eigenvalue weighted by Crippen LogP contribution is -2.29. The summed E-state index contributed by atoms with van der Waals surface area (Å²) >= 11 is 0. The molecule has 0 radical (unpaired) electrons. The number of aromatic nitrogens is 1. The lowest BCUT2D eigenvalue weighted by Gasteiger charge is -2.25. The Labute approximate surface area is 147 Å². The first-order valence-corrected chi connectivity index (χ1v) is 8.49. The van der Waals surface area contributed by atoms with E-state index in [4.69, 9.17) is 9.84 Å². The molecule has 0 bridgehead atoms. The van der Waals surface area contributed by atoms with Gasteiger partial charge in [-0.15, -0.1) is 0 Å². The monoisotopic (exact) mass is 341 g/mol. The summed E-state index contributed by atoms with van der Waals surface area (Å²) in [5.74, 6) is 0.360. The van der Waals surface area contributed by atoms with Crippen LogP contribution in [0.3, 0.4) is 0 Å². The molecule has 0 aliphatic carbocycles. The minimum Gasteiger partial charge on any atom is -0.497 e. The Hall–Kier alpha value is -2.60. The van der Waals surface area contributed by atoms with Gasteiger partial charge < -0.3 is 20.1 Å². The number of carbonyl (C=O) groups is 1. The number of carboxylic acids is 1. The van der Waals surface area contributed by atoms with E-state index in [0.29, 0.717) is 5.82 Å². The van der Waals surface area contributed by atoms with E-state index >= 15 is 0 Å². The van der Waals surface area contributed by atoms with Gasteiger partial charge in [0.25, 0.3) is 0 Å². The molecule has 25 heavy (non-hydrogen) atoms. The second-order valence-electron chi connectivity index (χ2n) is 6.19. The van der Waals surface area contributed by atoms with Crippen molar-refractivity contribution in [3.8, 4) is 5.75 Å². The summed E-state index contributed by atoms with van der Waals surface area (Å²) in [5, 5.41) is 12.5. The molecule has 3 rings (SSSR count). The molecule has 1 atom stereocenters. The van der Waals surface area contributed by atoms with Crippen molar-refractivity contribution >= 4 is 11.8 Å². The van der Waals surface area contributed by atoms with E-state index in [-0.39, 0.29) is 11.7 Å². The van der Waals surface area contributed by atoms with E-state index < -0.39 is 5.97 Å². The minimum atomic E-state index is -1.02. The normalized spacial score (nSPS) is 15.7. The Morgan fingerprint density at radius 1 is 1.24 bits per heavy atom. The Bertz CT molecular complexity index is 712. The van der Waals surface area contributed by atoms with Crippen LogP contribution in [0.2, 0.25) is 0 Å². The van der Waals surface area contributed by atoms with Crippen molar-refractivity contribution < 1.29 is 14.6 Å². The molecular weight excluding hydrogens is 318 g/mol. The highest BCUT2D eigenvalue weighted by atomic mass is 16.5. The summed E-state index contributed by atoms with van der Waals surface area (Å²) in [6.45, 7) is 3.04. The zero-order valence-electron chi connectivity index (χ0n) is 14.3. The van der Waals surface area contributed by atoms with E-state index in [1.807, 2.05) is 24.3 Å². The largest absolute Gasteiger partial charge is 0.497 e. The first-order valence-electron chi connectivity index (χ1n) is 8.49. The third-order valence-electron chi connectivity index (χ3n) is 4.45. The van der Waals surface area contributed by atoms with Gasteiger partial charge >= 0.3 is 5.97 Å². The van der Waals surface area contributed by atoms with Gasteiger partial charge in [0.2, 0.25) is 0 Å². The SMILES string of the molecule is COc1ccc(C(CN2CCCC2)Nc2cccc(C(=O)O)n2)cc1. The molecule has 2 N–H and O–H groups in total. The second-order valence-corrected chi connectivity index (χ2v) is 6.19. The predicted molar refractivity (Wildman–Crippen MR) is 96.2 cm³/mol. The number of nitrogens with one attached hydrogen (secondary N) is 1. The Morgan fingerprint density at radius 2 is 1.96 bits per heavy atom. The van der Waals surface area contributed by atoms with Crippen LogP contribution in [0.25, 0.3) is 0 Å². The van der Waals surface area contributed by atoms with Crippen LogP contribution in [-0.4, -0.2) is 47.7 Å². The summed E-state index contributed by atoms with van der Waals surface area (Å²) in [7, 11) is 1.65. The first-order chi connectivity index (χ1) is 12.2. The Balaban J connectivity index is 1.81. The molecule has 1 aliphatic rings. The predicted octanol–water partition coefficient (Wildman–Crippen LogP) is 3.04. The maximum absolute atomic E-state index is 11.1. The fourth-order valence-electron chi connectivity index (χ4n) is 3.11. The third kappa shape index (κ3) is 4.48. The van der Waals surface area contributed by atoms with Crippen LogP contribution in [0.1, 0.15) is 34.9 Å². The number of carboxylic acid groups (broad SMARTS) is 1. The maximum Gasteiger partial charge on any atom is 0.354 e. The van der Waals surface area contributed by atoms with Crippen LogP contribution in [0.15, 0.2) is 42.5 Å². The van der Waals surface area contributed by atoms with Crippen LogP contribution in [0.4, 0.5) is 5.82 Å². The minimum absolute atomic E-state index is 0.0283. The molecular formula is C19H23N3O3. The van der Waals surface area contributed by atoms with E-state index in [0.717, 1.165) is 30.9 Å². The summed E-state index contributed by atoms with van der Waals surface area (Å²) < 4.78 is 5.23. The number of hydrogen-bond donors (Lipinski definition) is 2. The van der Waals surface area contributed by atoms with Gasteiger partial charge in [-0.2, -0.15) is 0 Å². The molecule has 2 heterocycles. The van der Waals surface area contributed by atoms with E-state index in [1.165, 1.54) is 18.9 Å². The number of nitrogens with zero attached hydrogens (tertiary/aromatic N) is 2. The average Bonchev–Trinajstić information content (AvgIpc) is 3.14. The van der Waals surface area contributed by atoms with Crippen molar-refractivity contribution in [1.29, 1.82) is 0 Å². The molecule has 6 nitrogen and oxygen atoms in total. The number of rotatable bonds is 7. The number of anilines is 1. The number of aromatic carboxylic acids is 1. The summed E-state index contributed by atoms with van der Waals surface area (Å²) in [6, 6.07) is 13.0. The number of methoxy groups -OCH3 is 1. The van der Waals surface area contributed by atoms with Crippen LogP contribution in [-0.2, 0) is 0 Å². The Morgan fingerprint density at radius 3 is 2.60 bits per heavy atom. The standard InChI is InChI=1S/C19H23N3O3/c1-25-15-9-7-14(8-10-15)17(13-22-11-2-3-12-22)21-18-6-4-5-16(20-18)19(23)24/h4-10,17H,2-3,11-13H2,1H3,(H,20,21)(H,23,24). The molecule has 0 spiro atoms. The lowest BCUT2D eigenvalue weighted by molar-refractivity contribution is 0.0690. The lowest BCUT2D eigenvalue weighted by atomic mass is 10.1. The topological polar surface area (TPSA) is 74.7 Å². The molecule has 1 fully saturated rings. The van der Waals surface area contributed by atoms with Crippen molar-refractivity contribution in [2.24, 2.45) is 0 Å². The molecule has 1 aliphatic heterocycles. The van der Waals surface area contributed by atoms with Crippen molar-refractivity contribution in [3.63, 3.8) is 0 Å². The number of pyridine rings is 1. The van der Waals surface area contributed by atoms with Gasteiger partial charge in [0, 0.05) is 6.54 Å². The molecule has 132 valence electrons. The van der Waals surface area contributed by atoms with Gasteiger partial charge in [-0.1, -0.05) is 18.2 Å². The summed E-state index contributed by atoms with van der Waals surface area (Å²) in [6.07, 6.45) is 2.45. The zero-order chi connectivity index (χ0) is 17.6. The maximum atomic E-state index is 11.1. The molecule has 1 unspecified atom stereocenters. The number of likely N-dealkylation sites (tertiary alicyclic amines) is 1. The quantitative estimate of drug-likeness (QED) is 0.806. The van der Waals surface area contributed by atoms with Crippen LogP contribution < -0.4 is 10.1 Å². The Kier molecular flexibility index (Phi) is 5.50. The molecule has 0 amide bonds. The highest BCUT2D eigenvalue weighted by Crippen LogP contribution is 2.24. The molecule has 1 aromatic carbocycles. The van der Waals surface area contributed by atoms with Gasteiger partial charge in [0.15, 0.2) is 5.69 Å². The molecule has 1 saturated heterocycles. The van der Waals surface area contributed by atoms with Crippen molar-refractivity contribution in [1.82, 2.24) is 9.88 Å².